The molecule has 1 unspecified atom stereocenters. The van der Waals surface area contributed by atoms with Crippen LogP contribution in [-0.4, -0.2) is 12.2 Å². The van der Waals surface area contributed by atoms with Crippen molar-refractivity contribution in [3.63, 3.8) is 0 Å². The Kier molecular flexibility index (Phi) is 4.29. The van der Waals surface area contributed by atoms with Crippen molar-refractivity contribution in [2.45, 2.75) is 12.5 Å². The van der Waals surface area contributed by atoms with E-state index >= 15 is 0 Å². The second-order valence-electron chi connectivity index (χ2n) is 4.31. The zero-order valence-electron chi connectivity index (χ0n) is 10.7. The summed E-state index contributed by atoms with van der Waals surface area (Å²) in [4.78, 5) is 0. The van der Waals surface area contributed by atoms with Gasteiger partial charge in [0, 0.05) is 6.42 Å². The van der Waals surface area contributed by atoms with Crippen molar-refractivity contribution in [1.82, 2.24) is 0 Å². The van der Waals surface area contributed by atoms with E-state index in [0.717, 1.165) is 18.2 Å². The maximum Gasteiger partial charge on any atom is 0.132 e. The summed E-state index contributed by atoms with van der Waals surface area (Å²) in [6, 6.07) is 7.02. The molecule has 0 saturated carbocycles. The Morgan fingerprint density at radius 1 is 1.10 bits per heavy atom. The minimum atomic E-state index is -1.33. The van der Waals surface area contributed by atoms with Gasteiger partial charge in [0.05, 0.1) is 18.8 Å². The molecule has 0 amide bonds. The summed E-state index contributed by atoms with van der Waals surface area (Å²) >= 11 is 0. The quantitative estimate of drug-likeness (QED) is 0.931. The number of rotatable bonds is 4. The third-order valence-electron chi connectivity index (χ3n) is 2.99. The molecule has 0 aromatic heterocycles. The van der Waals surface area contributed by atoms with E-state index in [1.165, 1.54) is 25.3 Å². The molecule has 2 nitrogen and oxygen atoms in total. The molecule has 1 N–H and O–H groups in total. The summed E-state index contributed by atoms with van der Waals surface area (Å²) in [5, 5.41) is 10.1. The van der Waals surface area contributed by atoms with Gasteiger partial charge in [-0.2, -0.15) is 0 Å². The minimum absolute atomic E-state index is 0.0252. The Balaban J connectivity index is 2.33. The molecule has 0 aliphatic carbocycles. The molecule has 0 saturated heterocycles. The second kappa shape index (κ2) is 5.96. The third kappa shape index (κ3) is 2.93. The van der Waals surface area contributed by atoms with Crippen LogP contribution in [0.2, 0.25) is 0 Å². The average molecular weight is 282 g/mol. The maximum absolute atomic E-state index is 13.8. The molecule has 106 valence electrons. The molecule has 20 heavy (non-hydrogen) atoms. The van der Waals surface area contributed by atoms with Crippen LogP contribution in [-0.2, 0) is 6.42 Å². The molecule has 1 atom stereocenters. The smallest absolute Gasteiger partial charge is 0.132 e. The van der Waals surface area contributed by atoms with E-state index in [9.17, 15) is 18.3 Å². The van der Waals surface area contributed by atoms with Gasteiger partial charge in [0.25, 0.3) is 0 Å². The van der Waals surface area contributed by atoms with Crippen LogP contribution in [0.3, 0.4) is 0 Å². The molecule has 2 rings (SSSR count). The van der Waals surface area contributed by atoms with Gasteiger partial charge < -0.3 is 9.84 Å². The van der Waals surface area contributed by atoms with Crippen molar-refractivity contribution in [3.8, 4) is 5.75 Å². The van der Waals surface area contributed by atoms with Crippen LogP contribution in [0.4, 0.5) is 13.2 Å². The van der Waals surface area contributed by atoms with Crippen LogP contribution >= 0.6 is 0 Å². The Labute approximate surface area is 114 Å². The largest absolute Gasteiger partial charge is 0.496 e. The third-order valence-corrected chi connectivity index (χ3v) is 2.99. The fourth-order valence-corrected chi connectivity index (χ4v) is 2.03. The van der Waals surface area contributed by atoms with Crippen molar-refractivity contribution in [1.29, 1.82) is 0 Å². The normalized spacial score (nSPS) is 12.2. The second-order valence-corrected chi connectivity index (χ2v) is 4.31. The van der Waals surface area contributed by atoms with Gasteiger partial charge in [-0.1, -0.05) is 6.07 Å². The van der Waals surface area contributed by atoms with E-state index in [2.05, 4.69) is 0 Å². The van der Waals surface area contributed by atoms with Crippen LogP contribution in [0.1, 0.15) is 17.2 Å². The van der Waals surface area contributed by atoms with Crippen molar-refractivity contribution < 1.29 is 23.0 Å². The van der Waals surface area contributed by atoms with Gasteiger partial charge in [-0.3, -0.25) is 0 Å². The van der Waals surface area contributed by atoms with Crippen molar-refractivity contribution in [3.05, 3.63) is 65.0 Å². The van der Waals surface area contributed by atoms with Crippen molar-refractivity contribution in [2.75, 3.05) is 7.11 Å². The van der Waals surface area contributed by atoms with E-state index in [0.29, 0.717) is 0 Å². The lowest BCUT2D eigenvalue weighted by molar-refractivity contribution is 0.167. The lowest BCUT2D eigenvalue weighted by atomic mass is 9.99. The topological polar surface area (TPSA) is 29.5 Å². The molecule has 0 spiro atoms. The van der Waals surface area contributed by atoms with Crippen LogP contribution in [0.5, 0.6) is 5.75 Å². The molecule has 0 aliphatic heterocycles. The first-order valence-electron chi connectivity index (χ1n) is 5.97. The number of methoxy groups -OCH3 is 1. The molecule has 0 heterocycles. The summed E-state index contributed by atoms with van der Waals surface area (Å²) in [5.41, 5.74) is -0.0959. The maximum atomic E-state index is 13.8. The van der Waals surface area contributed by atoms with Gasteiger partial charge in [-0.15, -0.1) is 0 Å². The highest BCUT2D eigenvalue weighted by Crippen LogP contribution is 2.30. The van der Waals surface area contributed by atoms with Crippen LogP contribution in [0.15, 0.2) is 36.4 Å². The highest BCUT2D eigenvalue weighted by Gasteiger charge is 2.20. The zero-order valence-corrected chi connectivity index (χ0v) is 10.7. The predicted molar refractivity (Wildman–Crippen MR) is 68.0 cm³/mol. The molecule has 0 bridgehead atoms. The Hall–Kier alpha value is -2.01. The van der Waals surface area contributed by atoms with Gasteiger partial charge in [-0.25, -0.2) is 13.2 Å². The van der Waals surface area contributed by atoms with Gasteiger partial charge in [0.1, 0.15) is 23.2 Å². The monoisotopic (exact) mass is 282 g/mol. The van der Waals surface area contributed by atoms with Gasteiger partial charge in [0.15, 0.2) is 0 Å². The summed E-state index contributed by atoms with van der Waals surface area (Å²) in [6.07, 6.45) is -1.58. The average Bonchev–Trinajstić information content (AvgIpc) is 2.42. The molecular formula is C15H13F3O2. The number of halogens is 3. The fraction of sp³-hybridized carbons (Fsp3) is 0.200. The Bertz CT molecular complexity index is 614. The molecular weight excluding hydrogens is 269 g/mol. The molecule has 0 radical (unpaired) electrons. The fourth-order valence-electron chi connectivity index (χ4n) is 2.03. The summed E-state index contributed by atoms with van der Waals surface area (Å²) in [6.45, 7) is 0. The molecule has 5 heteroatoms. The van der Waals surface area contributed by atoms with Crippen LogP contribution in [0.25, 0.3) is 0 Å². The number of hydrogen-bond donors (Lipinski definition) is 1. The number of ether oxygens (including phenoxy) is 1. The van der Waals surface area contributed by atoms with Gasteiger partial charge in [0.2, 0.25) is 0 Å². The van der Waals surface area contributed by atoms with Crippen molar-refractivity contribution in [2.24, 2.45) is 0 Å². The summed E-state index contributed by atoms with van der Waals surface area (Å²) in [7, 11) is 1.34. The minimum Gasteiger partial charge on any atom is -0.496 e. The Morgan fingerprint density at radius 2 is 1.85 bits per heavy atom. The molecule has 2 aromatic rings. The van der Waals surface area contributed by atoms with E-state index in [1.54, 1.807) is 0 Å². The van der Waals surface area contributed by atoms with E-state index in [1.807, 2.05) is 0 Å². The first-order chi connectivity index (χ1) is 9.52. The van der Waals surface area contributed by atoms with Crippen LogP contribution in [0, 0.1) is 17.5 Å². The van der Waals surface area contributed by atoms with E-state index in [4.69, 9.17) is 4.74 Å². The number of aliphatic hydroxyl groups is 1. The summed E-state index contributed by atoms with van der Waals surface area (Å²) in [5.74, 6) is -1.77. The lowest BCUT2D eigenvalue weighted by Crippen LogP contribution is -2.08. The van der Waals surface area contributed by atoms with Crippen LogP contribution < -0.4 is 4.74 Å². The molecule has 0 fully saturated rings. The predicted octanol–water partition coefficient (Wildman–Crippen LogP) is 3.39. The van der Waals surface area contributed by atoms with Crippen molar-refractivity contribution >= 4 is 0 Å². The van der Waals surface area contributed by atoms with Gasteiger partial charge >= 0.3 is 0 Å². The molecule has 0 aliphatic rings. The first kappa shape index (κ1) is 14.4. The van der Waals surface area contributed by atoms with E-state index in [-0.39, 0.29) is 23.3 Å². The lowest BCUT2D eigenvalue weighted by Gasteiger charge is -2.16. The number of aliphatic hydroxyl groups excluding tert-OH is 1. The zero-order chi connectivity index (χ0) is 14.7. The highest BCUT2D eigenvalue weighted by molar-refractivity contribution is 5.37. The molecule has 2 aromatic carbocycles. The number of benzene rings is 2. The Morgan fingerprint density at radius 3 is 2.55 bits per heavy atom. The summed E-state index contributed by atoms with van der Waals surface area (Å²) < 4.78 is 45.3. The SMILES string of the molecule is COc1cccc(F)c1C(O)Cc1cc(F)ccc1F. The van der Waals surface area contributed by atoms with E-state index < -0.39 is 23.6 Å². The van der Waals surface area contributed by atoms with Gasteiger partial charge in [-0.05, 0) is 35.9 Å². The first-order valence-corrected chi connectivity index (χ1v) is 5.97. The standard InChI is InChI=1S/C15H13F3O2/c1-20-14-4-2-3-12(18)15(14)13(19)8-9-7-10(16)5-6-11(9)17/h2-7,13,19H,8H2,1H3. The highest BCUT2D eigenvalue weighted by atomic mass is 19.1. The number of hydrogen-bond acceptors (Lipinski definition) is 2.